The monoisotopic (exact) mass is 329 g/mol. The van der Waals surface area contributed by atoms with E-state index in [9.17, 15) is 9.59 Å². The van der Waals surface area contributed by atoms with Crippen LogP contribution < -0.4 is 10.9 Å². The number of aromatic nitrogens is 4. The second kappa shape index (κ2) is 6.66. The molecule has 1 aromatic carbocycles. The van der Waals surface area contributed by atoms with Gasteiger partial charge in [-0.25, -0.2) is 4.98 Å². The number of hydrogen-bond acceptors (Lipinski definition) is 6. The number of carbonyl (C=O) groups excluding carboxylic acids is 1. The molecule has 0 unspecified atom stereocenters. The van der Waals surface area contributed by atoms with E-state index in [4.69, 9.17) is 0 Å². The molecule has 3 aromatic rings. The zero-order chi connectivity index (χ0) is 16.2. The van der Waals surface area contributed by atoms with Crippen molar-refractivity contribution in [2.24, 2.45) is 0 Å². The van der Waals surface area contributed by atoms with Crippen LogP contribution in [0.1, 0.15) is 18.4 Å². The number of rotatable bonds is 5. The third kappa shape index (κ3) is 3.42. The molecule has 2 heterocycles. The van der Waals surface area contributed by atoms with E-state index >= 15 is 0 Å². The van der Waals surface area contributed by atoms with E-state index < -0.39 is 0 Å². The van der Waals surface area contributed by atoms with Crippen molar-refractivity contribution >= 4 is 33.3 Å². The average Bonchev–Trinajstić information content (AvgIpc) is 3.03. The number of nitrogens with zero attached hydrogens (tertiary/aromatic N) is 4. The van der Waals surface area contributed by atoms with Gasteiger partial charge in [0.25, 0.3) is 5.56 Å². The molecule has 0 aliphatic heterocycles. The largest absolute Gasteiger partial charge is 0.301 e. The lowest BCUT2D eigenvalue weighted by atomic mass is 10.1. The molecule has 0 radical (unpaired) electrons. The Morgan fingerprint density at radius 1 is 1.39 bits per heavy atom. The number of nitrogens with one attached hydrogen (secondary N) is 1. The number of carbonyl (C=O) groups is 1. The lowest BCUT2D eigenvalue weighted by Crippen LogP contribution is -2.22. The molecule has 0 bridgehead atoms. The summed E-state index contributed by atoms with van der Waals surface area (Å²) >= 11 is 1.27. The fourth-order valence-electron chi connectivity index (χ4n) is 2.32. The summed E-state index contributed by atoms with van der Waals surface area (Å²) in [6.07, 6.45) is 2.39. The van der Waals surface area contributed by atoms with E-state index in [1.165, 1.54) is 11.3 Å². The fourth-order valence-corrected chi connectivity index (χ4v) is 2.78. The summed E-state index contributed by atoms with van der Waals surface area (Å²) in [5.74, 6) is -0.139. The highest BCUT2D eigenvalue weighted by Crippen LogP contribution is 2.12. The van der Waals surface area contributed by atoms with Crippen LogP contribution in [0.2, 0.25) is 0 Å². The van der Waals surface area contributed by atoms with Crippen LogP contribution in [-0.2, 0) is 11.3 Å². The second-order valence-electron chi connectivity index (χ2n) is 5.11. The highest BCUT2D eigenvalue weighted by atomic mass is 32.1. The minimum Gasteiger partial charge on any atom is -0.301 e. The Balaban J connectivity index is 1.64. The molecule has 0 saturated heterocycles. The van der Waals surface area contributed by atoms with E-state index in [2.05, 4.69) is 20.5 Å². The van der Waals surface area contributed by atoms with Crippen LogP contribution in [0.3, 0.4) is 0 Å². The topological polar surface area (TPSA) is 89.8 Å². The van der Waals surface area contributed by atoms with E-state index in [-0.39, 0.29) is 11.5 Å². The summed E-state index contributed by atoms with van der Waals surface area (Å²) in [7, 11) is 0. The molecule has 118 valence electrons. The fraction of sp³-hybridized carbons (Fsp3) is 0.267. The van der Waals surface area contributed by atoms with Gasteiger partial charge in [0.2, 0.25) is 11.0 Å². The molecule has 23 heavy (non-hydrogen) atoms. The summed E-state index contributed by atoms with van der Waals surface area (Å²) in [5.41, 5.74) is 3.17. The van der Waals surface area contributed by atoms with Gasteiger partial charge in [0.15, 0.2) is 0 Å². The van der Waals surface area contributed by atoms with Gasteiger partial charge < -0.3 is 5.32 Å². The van der Waals surface area contributed by atoms with Gasteiger partial charge in [-0.1, -0.05) is 23.5 Å². The van der Waals surface area contributed by atoms with Crippen LogP contribution in [-0.4, -0.2) is 25.7 Å². The first-order valence-corrected chi connectivity index (χ1v) is 8.04. The van der Waals surface area contributed by atoms with Gasteiger partial charge in [0.05, 0.1) is 17.2 Å². The molecule has 1 amide bonds. The van der Waals surface area contributed by atoms with Crippen LogP contribution in [0, 0.1) is 6.92 Å². The van der Waals surface area contributed by atoms with Crippen molar-refractivity contribution in [3.8, 4) is 0 Å². The predicted octanol–water partition coefficient (Wildman–Crippen LogP) is 1.98. The number of hydrogen-bond donors (Lipinski definition) is 1. The number of aryl methyl sites for hydroxylation is 2. The molecule has 8 heteroatoms. The molecule has 7 nitrogen and oxygen atoms in total. The van der Waals surface area contributed by atoms with Gasteiger partial charge in [-0.3, -0.25) is 14.2 Å². The number of anilines is 1. The standard InChI is InChI=1S/C15H15N5O2S/c1-10-4-2-5-11-13(10)16-8-20(14(11)22)7-3-6-12(21)18-15-19-17-9-23-15/h2,4-5,8-9H,3,6-7H2,1H3,(H,18,19,21). The Bertz CT molecular complexity index is 889. The minimum atomic E-state index is -0.139. The smallest absolute Gasteiger partial charge is 0.261 e. The van der Waals surface area contributed by atoms with Gasteiger partial charge in [0, 0.05) is 13.0 Å². The first-order valence-electron chi connectivity index (χ1n) is 7.16. The molecule has 3 rings (SSSR count). The molecule has 0 aliphatic carbocycles. The van der Waals surface area contributed by atoms with Crippen molar-refractivity contribution in [3.05, 3.63) is 46.0 Å². The summed E-state index contributed by atoms with van der Waals surface area (Å²) < 4.78 is 1.54. The van der Waals surface area contributed by atoms with E-state index in [1.54, 1.807) is 22.5 Å². The SMILES string of the molecule is Cc1cccc2c(=O)n(CCCC(=O)Nc3nncs3)cnc12. The number of para-hydroxylation sites is 1. The molecule has 0 atom stereocenters. The van der Waals surface area contributed by atoms with Crippen LogP contribution >= 0.6 is 11.3 Å². The third-order valence-corrected chi connectivity index (χ3v) is 4.07. The van der Waals surface area contributed by atoms with E-state index in [0.29, 0.717) is 29.9 Å². The van der Waals surface area contributed by atoms with Crippen molar-refractivity contribution in [1.29, 1.82) is 0 Å². The molecular formula is C15H15N5O2S. The van der Waals surface area contributed by atoms with Gasteiger partial charge in [0.1, 0.15) is 5.51 Å². The lowest BCUT2D eigenvalue weighted by Gasteiger charge is -2.07. The Morgan fingerprint density at radius 3 is 3.04 bits per heavy atom. The maximum atomic E-state index is 12.4. The Labute approximate surface area is 136 Å². The maximum absolute atomic E-state index is 12.4. The van der Waals surface area contributed by atoms with Crippen LogP contribution in [0.25, 0.3) is 10.9 Å². The Kier molecular flexibility index (Phi) is 4.42. The number of fused-ring (bicyclic) bond motifs is 1. The summed E-state index contributed by atoms with van der Waals surface area (Å²) in [6.45, 7) is 2.37. The van der Waals surface area contributed by atoms with Gasteiger partial charge in [-0.2, -0.15) is 0 Å². The molecular weight excluding hydrogens is 314 g/mol. The predicted molar refractivity (Wildman–Crippen MR) is 88.5 cm³/mol. The summed E-state index contributed by atoms with van der Waals surface area (Å²) in [6, 6.07) is 5.55. The van der Waals surface area contributed by atoms with Crippen molar-refractivity contribution in [2.75, 3.05) is 5.32 Å². The normalized spacial score (nSPS) is 10.8. The van der Waals surface area contributed by atoms with Crippen LogP contribution in [0.5, 0.6) is 0 Å². The van der Waals surface area contributed by atoms with E-state index in [1.807, 2.05) is 19.1 Å². The number of amides is 1. The average molecular weight is 329 g/mol. The quantitative estimate of drug-likeness (QED) is 0.773. The molecule has 2 aromatic heterocycles. The maximum Gasteiger partial charge on any atom is 0.261 e. The van der Waals surface area contributed by atoms with E-state index in [0.717, 1.165) is 11.1 Å². The zero-order valence-electron chi connectivity index (χ0n) is 12.5. The zero-order valence-corrected chi connectivity index (χ0v) is 13.3. The molecule has 0 saturated carbocycles. The molecule has 1 N–H and O–H groups in total. The van der Waals surface area contributed by atoms with Crippen LogP contribution in [0.15, 0.2) is 34.8 Å². The summed E-state index contributed by atoms with van der Waals surface area (Å²) in [4.78, 5) is 28.5. The van der Waals surface area contributed by atoms with Gasteiger partial charge in [-0.15, -0.1) is 10.2 Å². The highest BCUT2D eigenvalue weighted by Gasteiger charge is 2.08. The van der Waals surface area contributed by atoms with Crippen molar-refractivity contribution in [3.63, 3.8) is 0 Å². The highest BCUT2D eigenvalue weighted by molar-refractivity contribution is 7.13. The first kappa shape index (κ1) is 15.3. The van der Waals surface area contributed by atoms with Gasteiger partial charge in [-0.05, 0) is 25.0 Å². The number of benzene rings is 1. The lowest BCUT2D eigenvalue weighted by molar-refractivity contribution is -0.116. The second-order valence-corrected chi connectivity index (χ2v) is 5.94. The first-order chi connectivity index (χ1) is 11.1. The molecule has 0 fully saturated rings. The van der Waals surface area contributed by atoms with Crippen LogP contribution in [0.4, 0.5) is 5.13 Å². The van der Waals surface area contributed by atoms with Crippen molar-refractivity contribution in [2.45, 2.75) is 26.3 Å². The minimum absolute atomic E-state index is 0.0803. The van der Waals surface area contributed by atoms with Crippen molar-refractivity contribution < 1.29 is 4.79 Å². The summed E-state index contributed by atoms with van der Waals surface area (Å²) in [5, 5.41) is 11.1. The Morgan fingerprint density at radius 2 is 2.26 bits per heavy atom. The van der Waals surface area contributed by atoms with Crippen molar-refractivity contribution in [1.82, 2.24) is 19.7 Å². The molecule has 0 aliphatic rings. The Hall–Kier alpha value is -2.61. The molecule has 0 spiro atoms. The van der Waals surface area contributed by atoms with Gasteiger partial charge >= 0.3 is 0 Å². The third-order valence-electron chi connectivity index (χ3n) is 3.46.